The SMILES string of the molecule is O=C(c1ccsc1)N1CCN(S(=O)(=O)c2ccn[nH]2)CC1. The van der Waals surface area contributed by atoms with Gasteiger partial charge in [0.05, 0.1) is 11.8 Å². The predicted molar refractivity (Wildman–Crippen MR) is 77.6 cm³/mol. The summed E-state index contributed by atoms with van der Waals surface area (Å²) in [4.78, 5) is 13.9. The number of rotatable bonds is 3. The van der Waals surface area contributed by atoms with E-state index < -0.39 is 10.0 Å². The Morgan fingerprint density at radius 1 is 1.24 bits per heavy atom. The van der Waals surface area contributed by atoms with Crippen LogP contribution < -0.4 is 0 Å². The average Bonchev–Trinajstić information content (AvgIpc) is 3.19. The van der Waals surface area contributed by atoms with Crippen LogP contribution in [-0.2, 0) is 10.0 Å². The molecule has 21 heavy (non-hydrogen) atoms. The van der Waals surface area contributed by atoms with Crippen molar-refractivity contribution in [2.45, 2.75) is 5.03 Å². The van der Waals surface area contributed by atoms with Gasteiger partial charge in [0, 0.05) is 31.6 Å². The highest BCUT2D eigenvalue weighted by molar-refractivity contribution is 7.89. The number of nitrogens with zero attached hydrogens (tertiary/aromatic N) is 3. The van der Waals surface area contributed by atoms with Gasteiger partial charge >= 0.3 is 0 Å². The summed E-state index contributed by atoms with van der Waals surface area (Å²) in [5.74, 6) is -0.0464. The highest BCUT2D eigenvalue weighted by atomic mass is 32.2. The lowest BCUT2D eigenvalue weighted by molar-refractivity contribution is 0.0698. The summed E-state index contributed by atoms with van der Waals surface area (Å²) >= 11 is 1.47. The zero-order valence-electron chi connectivity index (χ0n) is 11.1. The molecule has 0 aromatic carbocycles. The quantitative estimate of drug-likeness (QED) is 0.896. The zero-order valence-corrected chi connectivity index (χ0v) is 12.7. The van der Waals surface area contributed by atoms with E-state index in [9.17, 15) is 13.2 Å². The van der Waals surface area contributed by atoms with Gasteiger partial charge in [-0.05, 0) is 17.5 Å². The highest BCUT2D eigenvalue weighted by Gasteiger charge is 2.31. The van der Waals surface area contributed by atoms with E-state index in [4.69, 9.17) is 0 Å². The molecule has 1 amide bonds. The fourth-order valence-corrected chi connectivity index (χ4v) is 4.18. The molecule has 1 N–H and O–H groups in total. The van der Waals surface area contributed by atoms with Crippen LogP contribution in [0.4, 0.5) is 0 Å². The van der Waals surface area contributed by atoms with Crippen molar-refractivity contribution in [3.8, 4) is 0 Å². The van der Waals surface area contributed by atoms with E-state index in [1.54, 1.807) is 16.3 Å². The maximum Gasteiger partial charge on any atom is 0.260 e. The Morgan fingerprint density at radius 2 is 2.00 bits per heavy atom. The number of aromatic amines is 1. The Balaban J connectivity index is 1.67. The largest absolute Gasteiger partial charge is 0.336 e. The second-order valence-corrected chi connectivity index (χ2v) is 7.32. The van der Waals surface area contributed by atoms with Gasteiger partial charge in [-0.3, -0.25) is 9.89 Å². The van der Waals surface area contributed by atoms with Crippen LogP contribution in [0.5, 0.6) is 0 Å². The summed E-state index contributed by atoms with van der Waals surface area (Å²) < 4.78 is 26.0. The molecule has 1 aliphatic heterocycles. The summed E-state index contributed by atoms with van der Waals surface area (Å²) in [6.07, 6.45) is 1.41. The molecule has 0 aliphatic carbocycles. The van der Waals surface area contributed by atoms with Gasteiger partial charge in [0.25, 0.3) is 15.9 Å². The molecule has 1 saturated heterocycles. The van der Waals surface area contributed by atoms with Crippen molar-refractivity contribution < 1.29 is 13.2 Å². The molecule has 0 atom stereocenters. The molecule has 0 unspecified atom stereocenters. The van der Waals surface area contributed by atoms with Gasteiger partial charge in [0.15, 0.2) is 5.03 Å². The van der Waals surface area contributed by atoms with E-state index in [1.165, 1.54) is 27.9 Å². The van der Waals surface area contributed by atoms with Crippen molar-refractivity contribution in [3.63, 3.8) is 0 Å². The third kappa shape index (κ3) is 2.71. The maximum atomic E-state index is 12.3. The average molecular weight is 326 g/mol. The maximum absolute atomic E-state index is 12.3. The van der Waals surface area contributed by atoms with Crippen LogP contribution in [0.1, 0.15) is 10.4 Å². The lowest BCUT2D eigenvalue weighted by Crippen LogP contribution is -2.50. The van der Waals surface area contributed by atoms with Crippen LogP contribution in [-0.4, -0.2) is 59.9 Å². The van der Waals surface area contributed by atoms with Crippen LogP contribution in [0, 0.1) is 0 Å². The van der Waals surface area contributed by atoms with E-state index in [1.807, 2.05) is 5.38 Å². The first-order valence-electron chi connectivity index (χ1n) is 6.40. The molecule has 3 rings (SSSR count). The smallest absolute Gasteiger partial charge is 0.260 e. The molecular weight excluding hydrogens is 312 g/mol. The van der Waals surface area contributed by atoms with Gasteiger partial charge in [0.1, 0.15) is 0 Å². The molecule has 0 radical (unpaired) electrons. The van der Waals surface area contributed by atoms with Gasteiger partial charge < -0.3 is 4.90 Å². The van der Waals surface area contributed by atoms with Crippen molar-refractivity contribution in [1.82, 2.24) is 19.4 Å². The first kappa shape index (κ1) is 14.2. The predicted octanol–water partition coefficient (Wildman–Crippen LogP) is 0.618. The molecule has 1 aliphatic rings. The van der Waals surface area contributed by atoms with Crippen LogP contribution >= 0.6 is 11.3 Å². The molecule has 0 bridgehead atoms. The number of nitrogens with one attached hydrogen (secondary N) is 1. The molecule has 2 aromatic heterocycles. The molecule has 0 saturated carbocycles. The van der Waals surface area contributed by atoms with Gasteiger partial charge in [-0.15, -0.1) is 0 Å². The minimum atomic E-state index is -3.54. The Kier molecular flexibility index (Phi) is 3.79. The number of aromatic nitrogens is 2. The summed E-state index contributed by atoms with van der Waals surface area (Å²) in [5.41, 5.74) is 0.657. The first-order chi connectivity index (χ1) is 10.1. The number of hydrogen-bond acceptors (Lipinski definition) is 5. The standard InChI is InChI=1S/C12H14N4O3S2/c17-12(10-2-8-20-9-10)15-4-6-16(7-5-15)21(18,19)11-1-3-13-14-11/h1-3,8-9H,4-7H2,(H,13,14). The molecule has 112 valence electrons. The third-order valence-corrected chi connectivity index (χ3v) is 5.90. The van der Waals surface area contributed by atoms with Crippen LogP contribution in [0.3, 0.4) is 0 Å². The number of piperazine rings is 1. The van der Waals surface area contributed by atoms with Crippen molar-refractivity contribution in [2.24, 2.45) is 0 Å². The highest BCUT2D eigenvalue weighted by Crippen LogP contribution is 2.17. The fraction of sp³-hybridized carbons (Fsp3) is 0.333. The van der Waals surface area contributed by atoms with Crippen molar-refractivity contribution in [1.29, 1.82) is 0 Å². The first-order valence-corrected chi connectivity index (χ1v) is 8.78. The normalized spacial score (nSPS) is 17.0. The lowest BCUT2D eigenvalue weighted by Gasteiger charge is -2.33. The molecule has 0 spiro atoms. The van der Waals surface area contributed by atoms with E-state index in [0.29, 0.717) is 18.7 Å². The summed E-state index contributed by atoms with van der Waals surface area (Å²) in [6.45, 7) is 1.36. The third-order valence-electron chi connectivity index (χ3n) is 3.39. The summed E-state index contributed by atoms with van der Waals surface area (Å²) in [5, 5.41) is 9.88. The number of amides is 1. The van der Waals surface area contributed by atoms with Gasteiger partial charge in [-0.25, -0.2) is 8.42 Å². The van der Waals surface area contributed by atoms with Crippen LogP contribution in [0.15, 0.2) is 34.1 Å². The molecular formula is C12H14N4O3S2. The second-order valence-electron chi connectivity index (χ2n) is 4.63. The van der Waals surface area contributed by atoms with Crippen molar-refractivity contribution in [2.75, 3.05) is 26.2 Å². The Morgan fingerprint density at radius 3 is 2.57 bits per heavy atom. The summed E-state index contributed by atoms with van der Waals surface area (Å²) in [7, 11) is -3.54. The number of hydrogen-bond donors (Lipinski definition) is 1. The minimum Gasteiger partial charge on any atom is -0.336 e. The molecule has 2 aromatic rings. The number of carbonyl (C=O) groups is 1. The van der Waals surface area contributed by atoms with Gasteiger partial charge in [0.2, 0.25) is 0 Å². The molecule has 7 nitrogen and oxygen atoms in total. The molecule has 1 fully saturated rings. The van der Waals surface area contributed by atoms with Crippen LogP contribution in [0.25, 0.3) is 0 Å². The van der Waals surface area contributed by atoms with Crippen molar-refractivity contribution in [3.05, 3.63) is 34.7 Å². The van der Waals surface area contributed by atoms with Crippen molar-refractivity contribution >= 4 is 27.3 Å². The van der Waals surface area contributed by atoms with E-state index in [2.05, 4.69) is 10.2 Å². The lowest BCUT2D eigenvalue weighted by atomic mass is 10.2. The minimum absolute atomic E-state index is 0.0464. The molecule has 9 heteroatoms. The molecule has 3 heterocycles. The Bertz CT molecular complexity index is 702. The monoisotopic (exact) mass is 326 g/mol. The number of thiophene rings is 1. The number of carbonyl (C=O) groups excluding carboxylic acids is 1. The second kappa shape index (κ2) is 5.58. The Hall–Kier alpha value is -1.71. The Labute approximate surface area is 126 Å². The van der Waals surface area contributed by atoms with E-state index in [-0.39, 0.29) is 24.0 Å². The van der Waals surface area contributed by atoms with E-state index >= 15 is 0 Å². The van der Waals surface area contributed by atoms with Gasteiger partial charge in [-0.2, -0.15) is 20.7 Å². The fourth-order valence-electron chi connectivity index (χ4n) is 2.23. The summed E-state index contributed by atoms with van der Waals surface area (Å²) in [6, 6.07) is 3.21. The number of H-pyrrole nitrogens is 1. The van der Waals surface area contributed by atoms with Crippen LogP contribution in [0.2, 0.25) is 0 Å². The topological polar surface area (TPSA) is 86.4 Å². The van der Waals surface area contributed by atoms with Gasteiger partial charge in [-0.1, -0.05) is 0 Å². The zero-order chi connectivity index (χ0) is 14.9. The number of sulfonamides is 1. The van der Waals surface area contributed by atoms with E-state index in [0.717, 1.165) is 0 Å².